The van der Waals surface area contributed by atoms with Crippen LogP contribution >= 0.6 is 0 Å². The predicted octanol–water partition coefficient (Wildman–Crippen LogP) is -0.710. The van der Waals surface area contributed by atoms with Crippen molar-refractivity contribution in [3.8, 4) is 0 Å². The van der Waals surface area contributed by atoms with E-state index in [1.54, 1.807) is 13.8 Å². The molecule has 0 rings (SSSR count). The van der Waals surface area contributed by atoms with Gasteiger partial charge < -0.3 is 15.8 Å². The summed E-state index contributed by atoms with van der Waals surface area (Å²) in [6.45, 7) is 3.90. The maximum atomic E-state index is 11.6. The fourth-order valence-corrected chi connectivity index (χ4v) is 2.80. The number of amides is 1. The maximum absolute atomic E-state index is 11.6. The van der Waals surface area contributed by atoms with Gasteiger partial charge in [-0.2, -0.15) is 0 Å². The van der Waals surface area contributed by atoms with E-state index in [4.69, 9.17) is 10.5 Å². The highest BCUT2D eigenvalue weighted by atomic mass is 32.2. The fourth-order valence-electron chi connectivity index (χ4n) is 1.31. The lowest BCUT2D eigenvalue weighted by molar-refractivity contribution is -0.119. The molecule has 0 aromatic rings. The van der Waals surface area contributed by atoms with Crippen molar-refractivity contribution in [3.05, 3.63) is 0 Å². The molecule has 0 aliphatic rings. The molecule has 0 bridgehead atoms. The minimum absolute atomic E-state index is 0.157. The van der Waals surface area contributed by atoms with E-state index in [9.17, 15) is 13.2 Å². The van der Waals surface area contributed by atoms with Crippen molar-refractivity contribution in [2.45, 2.75) is 32.4 Å². The van der Waals surface area contributed by atoms with E-state index in [0.29, 0.717) is 13.0 Å². The molecule has 3 N–H and O–H groups in total. The van der Waals surface area contributed by atoms with Crippen molar-refractivity contribution in [1.82, 2.24) is 5.32 Å². The average molecular weight is 266 g/mol. The predicted molar refractivity (Wildman–Crippen MR) is 66.4 cm³/mol. The molecule has 0 saturated carbocycles. The van der Waals surface area contributed by atoms with Crippen molar-refractivity contribution < 1.29 is 17.9 Å². The van der Waals surface area contributed by atoms with Crippen LogP contribution in [0.1, 0.15) is 20.3 Å². The lowest BCUT2D eigenvalue weighted by Gasteiger charge is -2.13. The summed E-state index contributed by atoms with van der Waals surface area (Å²) in [5, 5.41) is 2.54. The van der Waals surface area contributed by atoms with Crippen molar-refractivity contribution in [1.29, 1.82) is 0 Å². The Morgan fingerprint density at radius 3 is 2.53 bits per heavy atom. The number of rotatable bonds is 8. The van der Waals surface area contributed by atoms with Crippen LogP contribution in [0.2, 0.25) is 0 Å². The molecule has 0 saturated heterocycles. The third-order valence-electron chi connectivity index (χ3n) is 2.17. The first kappa shape index (κ1) is 16.3. The second-order valence-electron chi connectivity index (χ2n) is 4.15. The zero-order valence-corrected chi connectivity index (χ0v) is 11.4. The Balaban J connectivity index is 4.19. The van der Waals surface area contributed by atoms with Crippen molar-refractivity contribution in [2.24, 2.45) is 5.73 Å². The lowest BCUT2D eigenvalue weighted by Crippen LogP contribution is -2.41. The van der Waals surface area contributed by atoms with Crippen LogP contribution in [-0.4, -0.2) is 51.6 Å². The Hall–Kier alpha value is -0.660. The van der Waals surface area contributed by atoms with Gasteiger partial charge in [0.15, 0.2) is 9.84 Å². The highest BCUT2D eigenvalue weighted by Gasteiger charge is 2.20. The number of hydrogen-bond donors (Lipinski definition) is 2. The van der Waals surface area contributed by atoms with Crippen LogP contribution in [0.15, 0.2) is 0 Å². The summed E-state index contributed by atoms with van der Waals surface area (Å²) in [5.41, 5.74) is 5.55. The summed E-state index contributed by atoms with van der Waals surface area (Å²) < 4.78 is 28.0. The molecule has 0 heterocycles. The van der Waals surface area contributed by atoms with Crippen molar-refractivity contribution in [2.75, 3.05) is 25.2 Å². The molecule has 2 unspecified atom stereocenters. The van der Waals surface area contributed by atoms with Gasteiger partial charge in [0.1, 0.15) is 5.75 Å². The van der Waals surface area contributed by atoms with E-state index in [1.807, 2.05) is 0 Å². The zero-order chi connectivity index (χ0) is 13.5. The summed E-state index contributed by atoms with van der Waals surface area (Å²) in [4.78, 5) is 11.4. The van der Waals surface area contributed by atoms with E-state index in [-0.39, 0.29) is 11.8 Å². The van der Waals surface area contributed by atoms with Gasteiger partial charge in [-0.05, 0) is 13.3 Å². The Labute approximate surface area is 103 Å². The largest absolute Gasteiger partial charge is 0.383 e. The SMILES string of the molecule is CCC(N)CS(=O)(=O)CC(=O)NC(C)COC. The second-order valence-corrected chi connectivity index (χ2v) is 6.26. The van der Waals surface area contributed by atoms with Crippen LogP contribution in [0.3, 0.4) is 0 Å². The number of nitrogens with one attached hydrogen (secondary N) is 1. The van der Waals surface area contributed by atoms with Crippen molar-refractivity contribution in [3.63, 3.8) is 0 Å². The number of carbonyl (C=O) groups is 1. The zero-order valence-electron chi connectivity index (χ0n) is 10.6. The molecule has 6 nitrogen and oxygen atoms in total. The Bertz CT molecular complexity index is 329. The first-order valence-corrected chi connectivity index (χ1v) is 7.37. The van der Waals surface area contributed by atoms with E-state index < -0.39 is 27.5 Å². The summed E-state index contributed by atoms with van der Waals surface area (Å²) in [7, 11) is -1.92. The molecule has 0 spiro atoms. The van der Waals surface area contributed by atoms with Gasteiger partial charge in [-0.25, -0.2) is 8.42 Å². The van der Waals surface area contributed by atoms with Crippen LogP contribution < -0.4 is 11.1 Å². The standard InChI is InChI=1S/C10H22N2O4S/c1-4-9(11)6-17(14,15)7-10(13)12-8(2)5-16-3/h8-9H,4-7,11H2,1-3H3,(H,12,13). The number of carbonyl (C=O) groups excluding carboxylic acids is 1. The van der Waals surface area contributed by atoms with Crippen molar-refractivity contribution >= 4 is 15.7 Å². The highest BCUT2D eigenvalue weighted by molar-refractivity contribution is 7.92. The molecule has 0 aromatic carbocycles. The molecule has 0 aliphatic carbocycles. The third-order valence-corrected chi connectivity index (χ3v) is 3.81. The topological polar surface area (TPSA) is 98.5 Å². The van der Waals surface area contributed by atoms with Crippen LogP contribution in [0, 0.1) is 0 Å². The van der Waals surface area contributed by atoms with E-state index in [1.165, 1.54) is 7.11 Å². The minimum atomic E-state index is -3.43. The van der Waals surface area contributed by atoms with Crippen LogP contribution in [0.5, 0.6) is 0 Å². The summed E-state index contributed by atoms with van der Waals surface area (Å²) >= 11 is 0. The number of sulfone groups is 1. The first-order valence-electron chi connectivity index (χ1n) is 5.55. The molecule has 0 aromatic heterocycles. The molecule has 102 valence electrons. The van der Waals surface area contributed by atoms with Crippen LogP contribution in [0.25, 0.3) is 0 Å². The summed E-state index contributed by atoms with van der Waals surface area (Å²) in [6.07, 6.45) is 0.570. The van der Waals surface area contributed by atoms with E-state index in [0.717, 1.165) is 0 Å². The second kappa shape index (κ2) is 7.62. The van der Waals surface area contributed by atoms with E-state index >= 15 is 0 Å². The summed E-state index contributed by atoms with van der Waals surface area (Å²) in [6, 6.07) is -0.619. The summed E-state index contributed by atoms with van der Waals surface area (Å²) in [5.74, 6) is -1.19. The lowest BCUT2D eigenvalue weighted by atomic mass is 10.3. The molecule has 7 heteroatoms. The van der Waals surface area contributed by atoms with Gasteiger partial charge in [0.25, 0.3) is 0 Å². The molecule has 0 fully saturated rings. The molecule has 0 aliphatic heterocycles. The Kier molecular flexibility index (Phi) is 7.33. The highest BCUT2D eigenvalue weighted by Crippen LogP contribution is 1.97. The Morgan fingerprint density at radius 1 is 1.47 bits per heavy atom. The first-order chi connectivity index (χ1) is 7.80. The van der Waals surface area contributed by atoms with Gasteiger partial charge >= 0.3 is 0 Å². The normalized spacial score (nSPS) is 15.3. The van der Waals surface area contributed by atoms with Crippen LogP contribution in [-0.2, 0) is 19.4 Å². The average Bonchev–Trinajstić information content (AvgIpc) is 2.15. The molecule has 17 heavy (non-hydrogen) atoms. The minimum Gasteiger partial charge on any atom is -0.383 e. The third kappa shape index (κ3) is 8.12. The van der Waals surface area contributed by atoms with Gasteiger partial charge in [-0.1, -0.05) is 6.92 Å². The van der Waals surface area contributed by atoms with Gasteiger partial charge in [0.2, 0.25) is 5.91 Å². The fraction of sp³-hybridized carbons (Fsp3) is 0.900. The maximum Gasteiger partial charge on any atom is 0.235 e. The Morgan fingerprint density at radius 2 is 2.06 bits per heavy atom. The molecule has 0 radical (unpaired) electrons. The van der Waals surface area contributed by atoms with Gasteiger partial charge in [0.05, 0.1) is 12.4 Å². The molecular weight excluding hydrogens is 244 g/mol. The van der Waals surface area contributed by atoms with Crippen LogP contribution in [0.4, 0.5) is 0 Å². The molecule has 2 atom stereocenters. The van der Waals surface area contributed by atoms with Gasteiger partial charge in [-0.3, -0.25) is 4.79 Å². The number of methoxy groups -OCH3 is 1. The molecular formula is C10H22N2O4S. The van der Waals surface area contributed by atoms with Gasteiger partial charge in [0, 0.05) is 19.2 Å². The van der Waals surface area contributed by atoms with Gasteiger partial charge in [-0.15, -0.1) is 0 Å². The number of nitrogens with two attached hydrogens (primary N) is 1. The molecule has 1 amide bonds. The monoisotopic (exact) mass is 266 g/mol. The number of hydrogen-bond acceptors (Lipinski definition) is 5. The van der Waals surface area contributed by atoms with E-state index in [2.05, 4.69) is 5.32 Å². The quantitative estimate of drug-likeness (QED) is 0.604. The smallest absolute Gasteiger partial charge is 0.235 e. The number of ether oxygens (including phenoxy) is 1.